The van der Waals surface area contributed by atoms with Gasteiger partial charge in [-0.1, -0.05) is 11.6 Å². The highest BCUT2D eigenvalue weighted by Crippen LogP contribution is 2.25. The van der Waals surface area contributed by atoms with Gasteiger partial charge >= 0.3 is 0 Å². The van der Waals surface area contributed by atoms with Crippen LogP contribution in [0.25, 0.3) is 0 Å². The van der Waals surface area contributed by atoms with Crippen LogP contribution in [0.5, 0.6) is 0 Å². The number of nitrogens with zero attached hydrogens (tertiary/aromatic N) is 1. The van der Waals surface area contributed by atoms with Crippen LogP contribution in [0.1, 0.15) is 17.7 Å². The molecule has 0 amide bonds. The van der Waals surface area contributed by atoms with Gasteiger partial charge in [0.05, 0.1) is 11.4 Å². The molecule has 1 aromatic rings. The third-order valence-electron chi connectivity index (χ3n) is 2.15. The van der Waals surface area contributed by atoms with Crippen molar-refractivity contribution in [3.8, 4) is 0 Å². The Morgan fingerprint density at radius 1 is 1.58 bits per heavy atom. The highest BCUT2D eigenvalue weighted by molar-refractivity contribution is 6.29. The van der Waals surface area contributed by atoms with E-state index in [0.29, 0.717) is 5.15 Å². The number of aromatic nitrogens is 1. The van der Waals surface area contributed by atoms with E-state index in [2.05, 4.69) is 17.2 Å². The zero-order valence-electron chi connectivity index (χ0n) is 7.02. The van der Waals surface area contributed by atoms with Crippen molar-refractivity contribution in [3.05, 3.63) is 22.5 Å². The van der Waals surface area contributed by atoms with Gasteiger partial charge in [0, 0.05) is 6.54 Å². The maximum Gasteiger partial charge on any atom is 0.129 e. The van der Waals surface area contributed by atoms with Crippen LogP contribution < -0.4 is 5.32 Å². The number of anilines is 1. The SMILES string of the molecule is Cc1cc(Cl)nc2c1NCCC2. The summed E-state index contributed by atoms with van der Waals surface area (Å²) < 4.78 is 0. The van der Waals surface area contributed by atoms with Gasteiger partial charge in [0.25, 0.3) is 0 Å². The van der Waals surface area contributed by atoms with Gasteiger partial charge in [-0.3, -0.25) is 0 Å². The molecule has 0 atom stereocenters. The molecule has 1 aliphatic rings. The summed E-state index contributed by atoms with van der Waals surface area (Å²) in [4.78, 5) is 4.28. The molecule has 0 radical (unpaired) electrons. The smallest absolute Gasteiger partial charge is 0.129 e. The van der Waals surface area contributed by atoms with Crippen molar-refractivity contribution < 1.29 is 0 Å². The maximum absolute atomic E-state index is 5.84. The zero-order valence-corrected chi connectivity index (χ0v) is 7.78. The third-order valence-corrected chi connectivity index (χ3v) is 2.35. The van der Waals surface area contributed by atoms with Gasteiger partial charge in [0.2, 0.25) is 0 Å². The molecule has 1 aromatic heterocycles. The van der Waals surface area contributed by atoms with Crippen molar-refractivity contribution in [2.45, 2.75) is 19.8 Å². The van der Waals surface area contributed by atoms with Crippen molar-refractivity contribution in [2.75, 3.05) is 11.9 Å². The average molecular weight is 183 g/mol. The number of pyridine rings is 1. The second-order valence-corrected chi connectivity index (χ2v) is 3.50. The molecule has 12 heavy (non-hydrogen) atoms. The maximum atomic E-state index is 5.84. The van der Waals surface area contributed by atoms with Crippen molar-refractivity contribution in [1.82, 2.24) is 4.98 Å². The van der Waals surface area contributed by atoms with Crippen molar-refractivity contribution in [1.29, 1.82) is 0 Å². The first-order chi connectivity index (χ1) is 5.77. The minimum absolute atomic E-state index is 0.606. The second kappa shape index (κ2) is 2.94. The second-order valence-electron chi connectivity index (χ2n) is 3.11. The summed E-state index contributed by atoms with van der Waals surface area (Å²) in [6.45, 7) is 3.11. The molecule has 1 N–H and O–H groups in total. The lowest BCUT2D eigenvalue weighted by molar-refractivity contribution is 0.799. The molecule has 0 aliphatic carbocycles. The number of rotatable bonds is 0. The van der Waals surface area contributed by atoms with E-state index in [4.69, 9.17) is 11.6 Å². The van der Waals surface area contributed by atoms with Crippen LogP contribution in [0.15, 0.2) is 6.07 Å². The summed E-state index contributed by atoms with van der Waals surface area (Å²) in [7, 11) is 0. The monoisotopic (exact) mass is 182 g/mol. The molecule has 1 aliphatic heterocycles. The summed E-state index contributed by atoms with van der Waals surface area (Å²) in [5.41, 5.74) is 3.50. The van der Waals surface area contributed by atoms with Crippen LogP contribution in [0.3, 0.4) is 0 Å². The molecule has 0 aromatic carbocycles. The lowest BCUT2D eigenvalue weighted by Gasteiger charge is -2.18. The van der Waals surface area contributed by atoms with E-state index in [0.717, 1.165) is 25.1 Å². The Bertz CT molecular complexity index is 310. The van der Waals surface area contributed by atoms with Gasteiger partial charge in [-0.15, -0.1) is 0 Å². The summed E-state index contributed by atoms with van der Waals surface area (Å²) in [6, 6.07) is 1.90. The van der Waals surface area contributed by atoms with E-state index in [1.165, 1.54) is 11.3 Å². The highest BCUT2D eigenvalue weighted by Gasteiger charge is 2.12. The molecule has 2 nitrogen and oxygen atoms in total. The third kappa shape index (κ3) is 1.27. The van der Waals surface area contributed by atoms with Gasteiger partial charge in [0.1, 0.15) is 5.15 Å². The highest BCUT2D eigenvalue weighted by atomic mass is 35.5. The first-order valence-electron chi connectivity index (χ1n) is 4.17. The Morgan fingerprint density at radius 2 is 2.42 bits per heavy atom. The average Bonchev–Trinajstić information content (AvgIpc) is 2.04. The number of aryl methyl sites for hydroxylation is 2. The van der Waals surface area contributed by atoms with Crippen LogP contribution in [0.2, 0.25) is 5.15 Å². The molecule has 0 fully saturated rings. The quantitative estimate of drug-likeness (QED) is 0.624. The van der Waals surface area contributed by atoms with Gasteiger partial charge < -0.3 is 5.32 Å². The number of hydrogen-bond donors (Lipinski definition) is 1. The Hall–Kier alpha value is -0.760. The lowest BCUT2D eigenvalue weighted by atomic mass is 10.1. The fourth-order valence-corrected chi connectivity index (χ4v) is 1.85. The predicted molar refractivity (Wildman–Crippen MR) is 50.8 cm³/mol. The van der Waals surface area contributed by atoms with E-state index >= 15 is 0 Å². The largest absolute Gasteiger partial charge is 0.383 e. The topological polar surface area (TPSA) is 24.9 Å². The van der Waals surface area contributed by atoms with E-state index in [-0.39, 0.29) is 0 Å². The molecule has 0 spiro atoms. The molecule has 0 bridgehead atoms. The summed E-state index contributed by atoms with van der Waals surface area (Å²) in [5.74, 6) is 0. The standard InChI is InChI=1S/C9H11ClN2/c1-6-5-8(10)12-7-3-2-4-11-9(6)7/h5,11H,2-4H2,1H3. The van der Waals surface area contributed by atoms with Crippen LogP contribution >= 0.6 is 11.6 Å². The minimum atomic E-state index is 0.606. The molecule has 0 unspecified atom stereocenters. The molecule has 0 saturated heterocycles. The van der Waals surface area contributed by atoms with E-state index in [1.807, 2.05) is 6.07 Å². The lowest BCUT2D eigenvalue weighted by Crippen LogP contribution is -2.14. The number of fused-ring (bicyclic) bond motifs is 1. The summed E-state index contributed by atoms with van der Waals surface area (Å²) in [5, 5.41) is 3.94. The zero-order chi connectivity index (χ0) is 8.55. The van der Waals surface area contributed by atoms with Crippen LogP contribution in [-0.4, -0.2) is 11.5 Å². The van der Waals surface area contributed by atoms with E-state index in [9.17, 15) is 0 Å². The van der Waals surface area contributed by atoms with Crippen LogP contribution in [0, 0.1) is 6.92 Å². The van der Waals surface area contributed by atoms with Crippen molar-refractivity contribution in [3.63, 3.8) is 0 Å². The number of hydrogen-bond acceptors (Lipinski definition) is 2. The van der Waals surface area contributed by atoms with Crippen molar-refractivity contribution in [2.24, 2.45) is 0 Å². The molecule has 3 heteroatoms. The number of halogens is 1. The van der Waals surface area contributed by atoms with E-state index in [1.54, 1.807) is 0 Å². The van der Waals surface area contributed by atoms with Gasteiger partial charge in [-0.25, -0.2) is 4.98 Å². The Morgan fingerprint density at radius 3 is 3.25 bits per heavy atom. The molecule has 0 saturated carbocycles. The Balaban J connectivity index is 2.53. The fraction of sp³-hybridized carbons (Fsp3) is 0.444. The minimum Gasteiger partial charge on any atom is -0.383 e. The molecular formula is C9H11ClN2. The van der Waals surface area contributed by atoms with Gasteiger partial charge in [0.15, 0.2) is 0 Å². The molecule has 2 rings (SSSR count). The normalized spacial score (nSPS) is 15.2. The fourth-order valence-electron chi connectivity index (χ4n) is 1.59. The van der Waals surface area contributed by atoms with Crippen molar-refractivity contribution >= 4 is 17.3 Å². The number of nitrogens with one attached hydrogen (secondary N) is 1. The van der Waals surface area contributed by atoms with Gasteiger partial charge in [-0.2, -0.15) is 0 Å². The van der Waals surface area contributed by atoms with Crippen LogP contribution in [-0.2, 0) is 6.42 Å². The van der Waals surface area contributed by atoms with Gasteiger partial charge in [-0.05, 0) is 31.4 Å². The first-order valence-corrected chi connectivity index (χ1v) is 4.55. The Labute approximate surface area is 77.0 Å². The molecule has 64 valence electrons. The predicted octanol–water partition coefficient (Wildman–Crippen LogP) is 2.40. The summed E-state index contributed by atoms with van der Waals surface area (Å²) in [6.07, 6.45) is 2.20. The Kier molecular flexibility index (Phi) is 1.93. The molecular weight excluding hydrogens is 172 g/mol. The first kappa shape index (κ1) is 7.87. The van der Waals surface area contributed by atoms with E-state index < -0.39 is 0 Å². The summed E-state index contributed by atoms with van der Waals surface area (Å²) >= 11 is 5.84. The molecule has 2 heterocycles. The van der Waals surface area contributed by atoms with Crippen LogP contribution in [0.4, 0.5) is 5.69 Å².